The molecule has 0 bridgehead atoms. The van der Waals surface area contributed by atoms with Crippen molar-refractivity contribution in [2.75, 3.05) is 33.1 Å². The molecular weight excluding hydrogens is 408 g/mol. The summed E-state index contributed by atoms with van der Waals surface area (Å²) in [7, 11) is 5.46. The molecule has 7 heteroatoms. The van der Waals surface area contributed by atoms with E-state index in [-0.39, 0.29) is 6.04 Å². The maximum atomic E-state index is 6.52. The van der Waals surface area contributed by atoms with E-state index in [0.29, 0.717) is 5.92 Å². The lowest BCUT2D eigenvalue weighted by Gasteiger charge is -2.32. The summed E-state index contributed by atoms with van der Waals surface area (Å²) in [4.78, 5) is 4.34. The van der Waals surface area contributed by atoms with Gasteiger partial charge in [0, 0.05) is 43.3 Å². The number of aryl methyl sites for hydroxylation is 1. The van der Waals surface area contributed by atoms with Gasteiger partial charge in [-0.1, -0.05) is 37.1 Å². The van der Waals surface area contributed by atoms with Crippen molar-refractivity contribution in [3.8, 4) is 11.5 Å². The third kappa shape index (κ3) is 6.40. The van der Waals surface area contributed by atoms with E-state index in [2.05, 4.69) is 20.9 Å². The Balaban J connectivity index is 1.33. The summed E-state index contributed by atoms with van der Waals surface area (Å²) in [6.45, 7) is 2.11. The molecule has 0 fully saturated rings. The second-order valence-electron chi connectivity index (χ2n) is 8.30. The highest BCUT2D eigenvalue weighted by atomic mass is 32.2. The van der Waals surface area contributed by atoms with Gasteiger partial charge in [0.25, 0.3) is 0 Å². The van der Waals surface area contributed by atoms with Crippen LogP contribution in [0.2, 0.25) is 0 Å². The molecule has 31 heavy (non-hydrogen) atoms. The van der Waals surface area contributed by atoms with Crippen LogP contribution >= 0.6 is 11.8 Å². The number of imidazole rings is 1. The molecule has 172 valence electrons. The van der Waals surface area contributed by atoms with Crippen molar-refractivity contribution < 1.29 is 9.47 Å². The minimum atomic E-state index is 0.239. The fraction of sp³-hybridized carbons (Fsp3) is 0.625. The van der Waals surface area contributed by atoms with E-state index in [1.165, 1.54) is 36.8 Å². The van der Waals surface area contributed by atoms with Gasteiger partial charge in [0.1, 0.15) is 0 Å². The summed E-state index contributed by atoms with van der Waals surface area (Å²) in [5.41, 5.74) is 9.18. The van der Waals surface area contributed by atoms with Crippen LogP contribution in [0.1, 0.15) is 55.6 Å². The van der Waals surface area contributed by atoms with Crippen LogP contribution in [0.5, 0.6) is 11.5 Å². The minimum Gasteiger partial charge on any atom is -0.493 e. The highest BCUT2D eigenvalue weighted by molar-refractivity contribution is 7.99. The summed E-state index contributed by atoms with van der Waals surface area (Å²) in [5, 5.41) is 4.63. The van der Waals surface area contributed by atoms with Crippen molar-refractivity contribution in [3.63, 3.8) is 0 Å². The molecule has 1 aliphatic carbocycles. The fourth-order valence-corrected chi connectivity index (χ4v) is 5.35. The van der Waals surface area contributed by atoms with Crippen LogP contribution in [0.25, 0.3) is 0 Å². The number of unbranched alkanes of at least 4 members (excludes halogenated alkanes) is 3. The number of benzene rings is 1. The molecule has 1 heterocycles. The molecule has 0 saturated heterocycles. The van der Waals surface area contributed by atoms with Crippen molar-refractivity contribution >= 4 is 11.8 Å². The summed E-state index contributed by atoms with van der Waals surface area (Å²) in [5.74, 6) is 3.19. The maximum absolute atomic E-state index is 6.52. The number of methoxy groups -OCH3 is 2. The first kappa shape index (κ1) is 24.0. The average molecular weight is 447 g/mol. The molecule has 0 aliphatic heterocycles. The Morgan fingerprint density at radius 3 is 2.74 bits per heavy atom. The van der Waals surface area contributed by atoms with Gasteiger partial charge in [-0.2, -0.15) is 0 Å². The minimum absolute atomic E-state index is 0.239. The molecule has 6 nitrogen and oxygen atoms in total. The highest BCUT2D eigenvalue weighted by Crippen LogP contribution is 2.43. The van der Waals surface area contributed by atoms with Crippen molar-refractivity contribution in [3.05, 3.63) is 35.7 Å². The molecule has 0 saturated carbocycles. The first-order valence-corrected chi connectivity index (χ1v) is 12.4. The third-order valence-corrected chi connectivity index (χ3v) is 7.29. The van der Waals surface area contributed by atoms with Gasteiger partial charge in [-0.3, -0.25) is 0 Å². The Morgan fingerprint density at radius 2 is 2.00 bits per heavy atom. The highest BCUT2D eigenvalue weighted by Gasteiger charge is 2.29. The van der Waals surface area contributed by atoms with Crippen LogP contribution in [0, 0.1) is 0 Å². The number of rotatable bonds is 13. The van der Waals surface area contributed by atoms with Crippen LogP contribution in [-0.4, -0.2) is 48.7 Å². The molecule has 0 amide bonds. The summed E-state index contributed by atoms with van der Waals surface area (Å²) in [6.07, 6.45) is 11.9. The standard InChI is InChI=1S/C24H38N4O2S/c1-28-16-14-27-24(28)31-17-15-26-13-7-5-4-6-8-19-18-10-12-22(29-2)23(30-3)20(18)9-11-21(19)25/h10,12,14,16,19,21,26H,4-9,11,13,15,17,25H2,1-3H3. The van der Waals surface area contributed by atoms with E-state index >= 15 is 0 Å². The summed E-state index contributed by atoms with van der Waals surface area (Å²) >= 11 is 1.80. The van der Waals surface area contributed by atoms with E-state index in [0.717, 1.165) is 54.8 Å². The predicted octanol–water partition coefficient (Wildman–Crippen LogP) is 4.13. The normalized spacial score (nSPS) is 18.1. The Bertz CT molecular complexity index is 811. The Kier molecular flexibility index (Phi) is 9.55. The van der Waals surface area contributed by atoms with Gasteiger partial charge in [-0.25, -0.2) is 4.98 Å². The zero-order chi connectivity index (χ0) is 22.1. The number of fused-ring (bicyclic) bond motifs is 1. The van der Waals surface area contributed by atoms with Gasteiger partial charge in [-0.15, -0.1) is 0 Å². The summed E-state index contributed by atoms with van der Waals surface area (Å²) in [6, 6.07) is 4.47. The SMILES string of the molecule is COc1ccc2c(c1OC)CCC(N)C2CCCCCCNCCSc1nccn1C. The second kappa shape index (κ2) is 12.4. The van der Waals surface area contributed by atoms with Crippen LogP contribution in [-0.2, 0) is 13.5 Å². The number of hydrogen-bond acceptors (Lipinski definition) is 6. The van der Waals surface area contributed by atoms with Gasteiger partial charge in [0.2, 0.25) is 0 Å². The van der Waals surface area contributed by atoms with E-state index in [9.17, 15) is 0 Å². The summed E-state index contributed by atoms with van der Waals surface area (Å²) < 4.78 is 13.2. The number of thioether (sulfide) groups is 1. The maximum Gasteiger partial charge on any atom is 0.167 e. The van der Waals surface area contributed by atoms with Crippen molar-refractivity contribution in [2.45, 2.75) is 62.1 Å². The smallest absolute Gasteiger partial charge is 0.167 e. The lowest BCUT2D eigenvalue weighted by Crippen LogP contribution is -2.33. The van der Waals surface area contributed by atoms with Crippen molar-refractivity contribution in [2.24, 2.45) is 12.8 Å². The monoisotopic (exact) mass is 446 g/mol. The third-order valence-electron chi connectivity index (χ3n) is 6.23. The zero-order valence-electron chi connectivity index (χ0n) is 19.2. The molecule has 0 radical (unpaired) electrons. The van der Waals surface area contributed by atoms with Crippen LogP contribution < -0.4 is 20.5 Å². The van der Waals surface area contributed by atoms with E-state index in [1.54, 1.807) is 26.0 Å². The number of nitrogens with two attached hydrogens (primary N) is 1. The van der Waals surface area contributed by atoms with Crippen LogP contribution in [0.3, 0.4) is 0 Å². The molecule has 1 aliphatic rings. The van der Waals surface area contributed by atoms with E-state index < -0.39 is 0 Å². The van der Waals surface area contributed by atoms with E-state index in [1.807, 2.05) is 25.5 Å². The zero-order valence-corrected chi connectivity index (χ0v) is 20.0. The van der Waals surface area contributed by atoms with Gasteiger partial charge in [0.05, 0.1) is 14.2 Å². The van der Waals surface area contributed by atoms with Gasteiger partial charge >= 0.3 is 0 Å². The molecule has 3 N–H and O–H groups in total. The Labute approximate surface area is 191 Å². The van der Waals surface area contributed by atoms with Crippen molar-refractivity contribution in [1.29, 1.82) is 0 Å². The molecule has 3 rings (SSSR count). The molecule has 2 atom stereocenters. The molecular formula is C24H38N4O2S. The number of nitrogens with one attached hydrogen (secondary N) is 1. The Morgan fingerprint density at radius 1 is 1.16 bits per heavy atom. The number of aromatic nitrogens is 2. The largest absolute Gasteiger partial charge is 0.493 e. The lowest BCUT2D eigenvalue weighted by atomic mass is 9.76. The molecule has 1 aromatic carbocycles. The topological polar surface area (TPSA) is 74.3 Å². The average Bonchev–Trinajstić information content (AvgIpc) is 3.19. The van der Waals surface area contributed by atoms with Gasteiger partial charge < -0.3 is 25.1 Å². The van der Waals surface area contributed by atoms with Crippen LogP contribution in [0.4, 0.5) is 0 Å². The number of ether oxygens (including phenoxy) is 2. The van der Waals surface area contributed by atoms with Crippen LogP contribution in [0.15, 0.2) is 29.7 Å². The van der Waals surface area contributed by atoms with Gasteiger partial charge in [0.15, 0.2) is 16.7 Å². The first-order valence-electron chi connectivity index (χ1n) is 11.5. The first-order chi connectivity index (χ1) is 15.2. The molecule has 2 unspecified atom stereocenters. The van der Waals surface area contributed by atoms with Crippen molar-refractivity contribution in [1.82, 2.24) is 14.9 Å². The quantitative estimate of drug-likeness (QED) is 0.356. The fourth-order valence-electron chi connectivity index (χ4n) is 4.52. The number of nitrogens with zero attached hydrogens (tertiary/aromatic N) is 2. The molecule has 2 aromatic rings. The lowest BCUT2D eigenvalue weighted by molar-refractivity contribution is 0.343. The molecule has 0 spiro atoms. The second-order valence-corrected chi connectivity index (χ2v) is 9.36. The predicted molar refractivity (Wildman–Crippen MR) is 128 cm³/mol. The molecule has 1 aromatic heterocycles. The Hall–Kier alpha value is -1.70. The van der Waals surface area contributed by atoms with E-state index in [4.69, 9.17) is 15.2 Å². The van der Waals surface area contributed by atoms with Gasteiger partial charge in [-0.05, 0) is 49.8 Å². The number of hydrogen-bond donors (Lipinski definition) is 2.